The summed E-state index contributed by atoms with van der Waals surface area (Å²) in [5.41, 5.74) is 1.76. The Morgan fingerprint density at radius 2 is 2.25 bits per heavy atom. The van der Waals surface area contributed by atoms with Gasteiger partial charge in [-0.1, -0.05) is 6.92 Å². The normalized spacial score (nSPS) is 12.5. The number of hydrogen-bond donors (Lipinski definition) is 1. The first-order chi connectivity index (χ1) is 7.69. The van der Waals surface area contributed by atoms with Gasteiger partial charge >= 0.3 is 0 Å². The Labute approximate surface area is 96.9 Å². The highest BCUT2D eigenvalue weighted by Gasteiger charge is 2.07. The van der Waals surface area contributed by atoms with Gasteiger partial charge in [0.05, 0.1) is 30.3 Å². The van der Waals surface area contributed by atoms with E-state index in [1.807, 2.05) is 26.1 Å². The van der Waals surface area contributed by atoms with Crippen LogP contribution >= 0.6 is 0 Å². The number of pyridine rings is 1. The van der Waals surface area contributed by atoms with Crippen LogP contribution in [0.4, 0.5) is 5.69 Å². The summed E-state index contributed by atoms with van der Waals surface area (Å²) in [6.45, 7) is 3.45. The summed E-state index contributed by atoms with van der Waals surface area (Å²) in [4.78, 5) is 6.31. The van der Waals surface area contributed by atoms with Crippen molar-refractivity contribution in [3.8, 4) is 0 Å². The first kappa shape index (κ1) is 12.9. The number of likely N-dealkylation sites (N-methyl/N-ethyl adjacent to an activating group) is 1. The lowest BCUT2D eigenvalue weighted by atomic mass is 10.2. The largest absolute Gasteiger partial charge is 0.387 e. The van der Waals surface area contributed by atoms with Gasteiger partial charge in [0.15, 0.2) is 0 Å². The molecule has 1 heterocycles. The molecule has 0 aliphatic carbocycles. The van der Waals surface area contributed by atoms with Gasteiger partial charge in [0.1, 0.15) is 0 Å². The minimum absolute atomic E-state index is 0.460. The molecule has 1 atom stereocenters. The van der Waals surface area contributed by atoms with E-state index in [1.165, 1.54) is 0 Å². The van der Waals surface area contributed by atoms with Crippen LogP contribution in [0.1, 0.15) is 25.1 Å². The van der Waals surface area contributed by atoms with E-state index in [0.717, 1.165) is 17.9 Å². The fourth-order valence-electron chi connectivity index (χ4n) is 1.39. The van der Waals surface area contributed by atoms with Gasteiger partial charge in [-0.25, -0.2) is 0 Å². The van der Waals surface area contributed by atoms with E-state index in [2.05, 4.69) is 9.88 Å². The predicted molar refractivity (Wildman–Crippen MR) is 64.6 cm³/mol. The van der Waals surface area contributed by atoms with Crippen molar-refractivity contribution in [1.29, 1.82) is 0 Å². The molecule has 1 aromatic rings. The first-order valence-electron chi connectivity index (χ1n) is 5.53. The Balaban J connectivity index is 2.63. The zero-order valence-electron chi connectivity index (χ0n) is 10.2. The molecule has 1 N–H and O–H groups in total. The molecule has 0 aromatic carbocycles. The Morgan fingerprint density at radius 1 is 1.50 bits per heavy atom. The molecule has 0 bridgehead atoms. The highest BCUT2D eigenvalue weighted by Crippen LogP contribution is 2.17. The van der Waals surface area contributed by atoms with Crippen LogP contribution in [-0.2, 0) is 4.74 Å². The number of anilines is 1. The molecule has 0 aliphatic heterocycles. The van der Waals surface area contributed by atoms with Crippen molar-refractivity contribution < 1.29 is 9.84 Å². The molecule has 0 saturated heterocycles. The van der Waals surface area contributed by atoms with E-state index in [0.29, 0.717) is 13.0 Å². The third-order valence-corrected chi connectivity index (χ3v) is 2.57. The maximum Gasteiger partial charge on any atom is 0.0957 e. The molecule has 0 spiro atoms. The smallest absolute Gasteiger partial charge is 0.0957 e. The molecule has 4 heteroatoms. The Bertz CT molecular complexity index is 300. The Hall–Kier alpha value is -1.13. The summed E-state index contributed by atoms with van der Waals surface area (Å²) in [7, 11) is 3.68. The van der Waals surface area contributed by atoms with Gasteiger partial charge < -0.3 is 14.7 Å². The maximum atomic E-state index is 9.60. The monoisotopic (exact) mass is 224 g/mol. The lowest BCUT2D eigenvalue weighted by Crippen LogP contribution is -2.22. The van der Waals surface area contributed by atoms with Crippen LogP contribution in [0.5, 0.6) is 0 Å². The number of nitrogens with zero attached hydrogens (tertiary/aromatic N) is 2. The molecule has 0 amide bonds. The SMILES string of the molecule is CC[C@H](O)c1ccc(N(C)CCOC)cn1. The lowest BCUT2D eigenvalue weighted by molar-refractivity contribution is 0.169. The van der Waals surface area contributed by atoms with E-state index in [9.17, 15) is 5.11 Å². The lowest BCUT2D eigenvalue weighted by Gasteiger charge is -2.18. The Kier molecular flexibility index (Phi) is 5.22. The quantitative estimate of drug-likeness (QED) is 0.797. The second-order valence-electron chi connectivity index (χ2n) is 3.78. The average molecular weight is 224 g/mol. The van der Waals surface area contributed by atoms with Crippen LogP contribution < -0.4 is 4.90 Å². The number of aliphatic hydroxyl groups is 1. The summed E-state index contributed by atoms with van der Waals surface area (Å²) in [5, 5.41) is 9.60. The number of rotatable bonds is 6. The van der Waals surface area contributed by atoms with E-state index < -0.39 is 6.10 Å². The summed E-state index contributed by atoms with van der Waals surface area (Å²) in [6, 6.07) is 3.84. The molecule has 0 fully saturated rings. The first-order valence-corrected chi connectivity index (χ1v) is 5.53. The summed E-state index contributed by atoms with van der Waals surface area (Å²) in [5.74, 6) is 0. The predicted octanol–water partition coefficient (Wildman–Crippen LogP) is 1.61. The van der Waals surface area contributed by atoms with Crippen molar-refractivity contribution in [1.82, 2.24) is 4.98 Å². The number of methoxy groups -OCH3 is 1. The maximum absolute atomic E-state index is 9.60. The third kappa shape index (κ3) is 3.47. The van der Waals surface area contributed by atoms with Gasteiger partial charge in [-0.15, -0.1) is 0 Å². The van der Waals surface area contributed by atoms with Crippen molar-refractivity contribution >= 4 is 5.69 Å². The van der Waals surface area contributed by atoms with Crippen molar-refractivity contribution in [2.75, 3.05) is 32.2 Å². The number of aliphatic hydroxyl groups excluding tert-OH is 1. The minimum Gasteiger partial charge on any atom is -0.387 e. The zero-order chi connectivity index (χ0) is 12.0. The van der Waals surface area contributed by atoms with Gasteiger partial charge in [0, 0.05) is 20.7 Å². The standard InChI is InChI=1S/C12H20N2O2/c1-4-12(15)11-6-5-10(9-13-11)14(2)7-8-16-3/h5-6,9,12,15H,4,7-8H2,1-3H3/t12-/m0/s1. The molecule has 0 radical (unpaired) electrons. The van der Waals surface area contributed by atoms with Crippen LogP contribution in [0.2, 0.25) is 0 Å². The molecule has 16 heavy (non-hydrogen) atoms. The van der Waals surface area contributed by atoms with Crippen LogP contribution in [0.15, 0.2) is 18.3 Å². The highest BCUT2D eigenvalue weighted by molar-refractivity contribution is 5.43. The molecular formula is C12H20N2O2. The zero-order valence-corrected chi connectivity index (χ0v) is 10.2. The topological polar surface area (TPSA) is 45.6 Å². The fraction of sp³-hybridized carbons (Fsp3) is 0.583. The van der Waals surface area contributed by atoms with Crippen molar-refractivity contribution in [3.05, 3.63) is 24.0 Å². The molecule has 0 unspecified atom stereocenters. The molecule has 0 aliphatic rings. The van der Waals surface area contributed by atoms with E-state index in [4.69, 9.17) is 4.74 Å². The van der Waals surface area contributed by atoms with Gasteiger partial charge in [-0.2, -0.15) is 0 Å². The van der Waals surface area contributed by atoms with E-state index in [-0.39, 0.29) is 0 Å². The van der Waals surface area contributed by atoms with Gasteiger partial charge in [0.2, 0.25) is 0 Å². The third-order valence-electron chi connectivity index (χ3n) is 2.57. The molecular weight excluding hydrogens is 204 g/mol. The minimum atomic E-state index is -0.460. The fourth-order valence-corrected chi connectivity index (χ4v) is 1.39. The average Bonchev–Trinajstić information content (AvgIpc) is 2.35. The number of aromatic nitrogens is 1. The highest BCUT2D eigenvalue weighted by atomic mass is 16.5. The Morgan fingerprint density at radius 3 is 2.75 bits per heavy atom. The van der Waals surface area contributed by atoms with Crippen molar-refractivity contribution in [2.45, 2.75) is 19.4 Å². The summed E-state index contributed by atoms with van der Waals surface area (Å²) in [6.07, 6.45) is 2.01. The van der Waals surface area contributed by atoms with Crippen LogP contribution in [0.3, 0.4) is 0 Å². The van der Waals surface area contributed by atoms with Gasteiger partial charge in [-0.05, 0) is 18.6 Å². The number of ether oxygens (including phenoxy) is 1. The van der Waals surface area contributed by atoms with Gasteiger partial charge in [0.25, 0.3) is 0 Å². The molecule has 1 aromatic heterocycles. The van der Waals surface area contributed by atoms with Crippen molar-refractivity contribution in [3.63, 3.8) is 0 Å². The molecule has 0 saturated carbocycles. The second-order valence-corrected chi connectivity index (χ2v) is 3.78. The van der Waals surface area contributed by atoms with Crippen LogP contribution in [-0.4, -0.2) is 37.4 Å². The molecule has 90 valence electrons. The number of hydrogen-bond acceptors (Lipinski definition) is 4. The van der Waals surface area contributed by atoms with Crippen molar-refractivity contribution in [2.24, 2.45) is 0 Å². The van der Waals surface area contributed by atoms with Gasteiger partial charge in [-0.3, -0.25) is 4.98 Å². The molecule has 1 rings (SSSR count). The van der Waals surface area contributed by atoms with Crippen LogP contribution in [0.25, 0.3) is 0 Å². The summed E-state index contributed by atoms with van der Waals surface area (Å²) < 4.78 is 5.01. The molecule has 4 nitrogen and oxygen atoms in total. The second kappa shape index (κ2) is 6.45. The van der Waals surface area contributed by atoms with E-state index in [1.54, 1.807) is 13.3 Å². The van der Waals surface area contributed by atoms with Crippen LogP contribution in [0, 0.1) is 0 Å². The van der Waals surface area contributed by atoms with E-state index >= 15 is 0 Å². The summed E-state index contributed by atoms with van der Waals surface area (Å²) >= 11 is 0.